The second-order valence-corrected chi connectivity index (χ2v) is 6.51. The SMILES string of the molecule is O=C(N[C@@H]1C[C@@]2(C(=O)O)C[C@@H]12)N1CCc2cncnc2CC1. The first-order valence-corrected chi connectivity index (χ1v) is 7.67. The van der Waals surface area contributed by atoms with Crippen molar-refractivity contribution in [2.24, 2.45) is 11.3 Å². The summed E-state index contributed by atoms with van der Waals surface area (Å²) in [4.78, 5) is 33.6. The maximum absolute atomic E-state index is 12.4. The summed E-state index contributed by atoms with van der Waals surface area (Å²) in [7, 11) is 0. The molecule has 0 unspecified atom stereocenters. The molecule has 0 aromatic carbocycles. The third-order valence-electron chi connectivity index (χ3n) is 5.38. The van der Waals surface area contributed by atoms with E-state index < -0.39 is 11.4 Å². The molecule has 3 atom stereocenters. The first-order valence-electron chi connectivity index (χ1n) is 7.67. The van der Waals surface area contributed by atoms with Gasteiger partial charge >= 0.3 is 12.0 Å². The van der Waals surface area contributed by atoms with Gasteiger partial charge < -0.3 is 15.3 Å². The number of carbonyl (C=O) groups is 2. The van der Waals surface area contributed by atoms with E-state index in [9.17, 15) is 9.59 Å². The zero-order valence-corrected chi connectivity index (χ0v) is 12.2. The number of nitrogens with zero attached hydrogens (tertiary/aromatic N) is 3. The van der Waals surface area contributed by atoms with E-state index in [2.05, 4.69) is 15.3 Å². The van der Waals surface area contributed by atoms with Crippen molar-refractivity contribution in [1.29, 1.82) is 0 Å². The quantitative estimate of drug-likeness (QED) is 0.827. The lowest BCUT2D eigenvalue weighted by Gasteiger charge is -2.34. The van der Waals surface area contributed by atoms with Gasteiger partial charge in [-0.25, -0.2) is 14.8 Å². The van der Waals surface area contributed by atoms with Gasteiger partial charge in [0, 0.05) is 37.4 Å². The third kappa shape index (κ3) is 1.95. The van der Waals surface area contributed by atoms with E-state index in [1.54, 1.807) is 11.2 Å². The minimum Gasteiger partial charge on any atom is -0.481 e. The van der Waals surface area contributed by atoms with Crippen LogP contribution in [0.5, 0.6) is 0 Å². The van der Waals surface area contributed by atoms with E-state index in [-0.39, 0.29) is 18.0 Å². The molecule has 2 fully saturated rings. The number of urea groups is 1. The minimum atomic E-state index is -0.716. The van der Waals surface area contributed by atoms with Gasteiger partial charge in [0.2, 0.25) is 0 Å². The fourth-order valence-corrected chi connectivity index (χ4v) is 3.83. The van der Waals surface area contributed by atoms with Crippen LogP contribution in [0.25, 0.3) is 0 Å². The lowest BCUT2D eigenvalue weighted by atomic mass is 9.80. The molecule has 1 aliphatic heterocycles. The molecule has 0 saturated heterocycles. The molecule has 4 rings (SSSR count). The van der Waals surface area contributed by atoms with E-state index in [0.717, 1.165) is 24.1 Å². The van der Waals surface area contributed by atoms with Crippen molar-refractivity contribution in [2.45, 2.75) is 31.7 Å². The highest BCUT2D eigenvalue weighted by atomic mass is 16.4. The summed E-state index contributed by atoms with van der Waals surface area (Å²) in [5.74, 6) is -0.587. The first-order chi connectivity index (χ1) is 10.6. The van der Waals surface area contributed by atoms with Gasteiger partial charge in [0.15, 0.2) is 0 Å². The lowest BCUT2D eigenvalue weighted by molar-refractivity contribution is -0.147. The molecule has 2 heterocycles. The van der Waals surface area contributed by atoms with Crippen molar-refractivity contribution in [3.05, 3.63) is 23.8 Å². The average molecular weight is 302 g/mol. The van der Waals surface area contributed by atoms with Crippen LogP contribution in [0.1, 0.15) is 24.1 Å². The van der Waals surface area contributed by atoms with Gasteiger partial charge in [-0.1, -0.05) is 0 Å². The highest BCUT2D eigenvalue weighted by Crippen LogP contribution is 2.67. The predicted octanol–water partition coefficient (Wildman–Crippen LogP) is 0.450. The van der Waals surface area contributed by atoms with Crippen LogP contribution in [0, 0.1) is 11.3 Å². The largest absolute Gasteiger partial charge is 0.481 e. The number of carboxylic acid groups (broad SMARTS) is 1. The second-order valence-electron chi connectivity index (χ2n) is 6.51. The van der Waals surface area contributed by atoms with E-state index >= 15 is 0 Å². The summed E-state index contributed by atoms with van der Waals surface area (Å²) in [5, 5.41) is 12.1. The number of hydrogen-bond acceptors (Lipinski definition) is 4. The monoisotopic (exact) mass is 302 g/mol. The number of aromatic nitrogens is 2. The zero-order valence-electron chi connectivity index (χ0n) is 12.2. The number of amides is 2. The van der Waals surface area contributed by atoms with Crippen LogP contribution in [0.4, 0.5) is 4.79 Å². The molecule has 2 aliphatic carbocycles. The molecule has 2 N–H and O–H groups in total. The van der Waals surface area contributed by atoms with Gasteiger partial charge in [0.25, 0.3) is 0 Å². The topological polar surface area (TPSA) is 95.4 Å². The molecule has 1 aromatic heterocycles. The molecule has 7 nitrogen and oxygen atoms in total. The Morgan fingerprint density at radius 1 is 1.32 bits per heavy atom. The Labute approximate surface area is 127 Å². The third-order valence-corrected chi connectivity index (χ3v) is 5.38. The van der Waals surface area contributed by atoms with Crippen molar-refractivity contribution in [1.82, 2.24) is 20.2 Å². The maximum Gasteiger partial charge on any atom is 0.317 e. The molecule has 1 aromatic rings. The van der Waals surface area contributed by atoms with Gasteiger partial charge in [-0.3, -0.25) is 4.79 Å². The van der Waals surface area contributed by atoms with E-state index in [4.69, 9.17) is 5.11 Å². The van der Waals surface area contributed by atoms with Crippen molar-refractivity contribution < 1.29 is 14.7 Å². The average Bonchev–Trinajstić information content (AvgIpc) is 3.17. The van der Waals surface area contributed by atoms with Gasteiger partial charge in [-0.15, -0.1) is 0 Å². The lowest BCUT2D eigenvalue weighted by Crippen LogP contribution is -2.52. The Morgan fingerprint density at radius 2 is 2.14 bits per heavy atom. The molecular formula is C15H18N4O3. The predicted molar refractivity (Wildman–Crippen MR) is 76.1 cm³/mol. The van der Waals surface area contributed by atoms with Crippen LogP contribution < -0.4 is 5.32 Å². The second kappa shape index (κ2) is 4.66. The van der Waals surface area contributed by atoms with Crippen LogP contribution in [-0.4, -0.2) is 51.1 Å². The molecule has 2 amide bonds. The summed E-state index contributed by atoms with van der Waals surface area (Å²) < 4.78 is 0. The standard InChI is InChI=1S/C15H18N4O3/c20-13(21)15-5-10(15)12(6-15)18-14(22)19-3-1-9-7-16-8-17-11(9)2-4-19/h7-8,10,12H,1-6H2,(H,18,22)(H,20,21)/t10-,12+,15-/m0/s1. The molecule has 7 heteroatoms. The highest BCUT2D eigenvalue weighted by molar-refractivity contribution is 5.82. The molecule has 3 aliphatic rings. The number of aliphatic carboxylic acids is 1. The maximum atomic E-state index is 12.4. The molecular weight excluding hydrogens is 284 g/mol. The number of rotatable bonds is 2. The number of nitrogens with one attached hydrogen (secondary N) is 1. The fraction of sp³-hybridized carbons (Fsp3) is 0.600. The molecule has 22 heavy (non-hydrogen) atoms. The number of carbonyl (C=O) groups excluding carboxylic acids is 1. The summed E-state index contributed by atoms with van der Waals surface area (Å²) in [5.41, 5.74) is 1.59. The van der Waals surface area contributed by atoms with Crippen molar-refractivity contribution in [3.8, 4) is 0 Å². The van der Waals surface area contributed by atoms with E-state index in [1.165, 1.54) is 0 Å². The van der Waals surface area contributed by atoms with Crippen LogP contribution in [0.2, 0.25) is 0 Å². The number of fused-ring (bicyclic) bond motifs is 2. The Balaban J connectivity index is 1.34. The van der Waals surface area contributed by atoms with Crippen LogP contribution in [0.3, 0.4) is 0 Å². The summed E-state index contributed by atoms with van der Waals surface area (Å²) in [6.07, 6.45) is 6.13. The molecule has 2 saturated carbocycles. The smallest absolute Gasteiger partial charge is 0.317 e. The molecule has 0 spiro atoms. The Kier molecular flexibility index (Phi) is 2.85. The van der Waals surface area contributed by atoms with Gasteiger partial charge in [0.1, 0.15) is 6.33 Å². The molecule has 0 bridgehead atoms. The summed E-state index contributed by atoms with van der Waals surface area (Å²) >= 11 is 0. The Hall–Kier alpha value is -2.18. The van der Waals surface area contributed by atoms with Crippen LogP contribution in [-0.2, 0) is 17.6 Å². The van der Waals surface area contributed by atoms with E-state index in [0.29, 0.717) is 25.9 Å². The Bertz CT molecular complexity index is 622. The van der Waals surface area contributed by atoms with Gasteiger partial charge in [-0.2, -0.15) is 0 Å². The summed E-state index contributed by atoms with van der Waals surface area (Å²) in [6, 6.07) is -0.0642. The minimum absolute atomic E-state index is 0.0222. The van der Waals surface area contributed by atoms with Crippen molar-refractivity contribution in [3.63, 3.8) is 0 Å². The number of hydrogen-bond donors (Lipinski definition) is 2. The molecule has 0 radical (unpaired) electrons. The van der Waals surface area contributed by atoms with Crippen molar-refractivity contribution >= 4 is 12.0 Å². The highest BCUT2D eigenvalue weighted by Gasteiger charge is 2.72. The van der Waals surface area contributed by atoms with Crippen LogP contribution >= 0.6 is 0 Å². The normalized spacial score (nSPS) is 32.1. The zero-order chi connectivity index (χ0) is 15.3. The molecule has 116 valence electrons. The number of carboxylic acids is 1. The van der Waals surface area contributed by atoms with E-state index in [1.807, 2.05) is 6.20 Å². The van der Waals surface area contributed by atoms with Crippen LogP contribution in [0.15, 0.2) is 12.5 Å². The fourth-order valence-electron chi connectivity index (χ4n) is 3.83. The Morgan fingerprint density at radius 3 is 2.86 bits per heavy atom. The van der Waals surface area contributed by atoms with Gasteiger partial charge in [0.05, 0.1) is 5.41 Å². The van der Waals surface area contributed by atoms with Crippen molar-refractivity contribution in [2.75, 3.05) is 13.1 Å². The summed E-state index contributed by atoms with van der Waals surface area (Å²) in [6.45, 7) is 1.28. The van der Waals surface area contributed by atoms with Gasteiger partial charge in [-0.05, 0) is 30.7 Å². The first kappa shape index (κ1) is 13.5.